The van der Waals surface area contributed by atoms with Crippen LogP contribution in [0.25, 0.3) is 0 Å². The van der Waals surface area contributed by atoms with Crippen molar-refractivity contribution in [2.24, 2.45) is 0 Å². The highest BCUT2D eigenvalue weighted by atomic mass is 32.2. The van der Waals surface area contributed by atoms with E-state index >= 15 is 0 Å². The second-order valence-electron chi connectivity index (χ2n) is 5.83. The highest BCUT2D eigenvalue weighted by Crippen LogP contribution is 2.22. The third kappa shape index (κ3) is 3.88. The van der Waals surface area contributed by atoms with Crippen molar-refractivity contribution in [3.63, 3.8) is 0 Å². The summed E-state index contributed by atoms with van der Waals surface area (Å²) in [5.74, 6) is -1.83. The topological polar surface area (TPSA) is 37.4 Å². The van der Waals surface area contributed by atoms with Crippen molar-refractivity contribution in [1.29, 1.82) is 0 Å². The van der Waals surface area contributed by atoms with E-state index in [1.54, 1.807) is 6.08 Å². The van der Waals surface area contributed by atoms with Gasteiger partial charge in [-0.3, -0.25) is 4.90 Å². The third-order valence-corrected chi connectivity index (χ3v) is 5.39. The Morgan fingerprint density at radius 3 is 2.42 bits per heavy atom. The molecule has 3 nitrogen and oxygen atoms in total. The van der Waals surface area contributed by atoms with Crippen molar-refractivity contribution in [2.75, 3.05) is 5.75 Å². The van der Waals surface area contributed by atoms with Gasteiger partial charge < -0.3 is 0 Å². The maximum absolute atomic E-state index is 14.0. The van der Waals surface area contributed by atoms with E-state index in [4.69, 9.17) is 0 Å². The molecule has 0 aliphatic carbocycles. The summed E-state index contributed by atoms with van der Waals surface area (Å²) in [5.41, 5.74) is 1.19. The highest BCUT2D eigenvalue weighted by Gasteiger charge is 2.28. The number of rotatable bonds is 5. The standard InChI is InChI=1S/C18H17F2NO2S/c19-17-8-4-7-15(18(17)20)12-21(11-14-5-2-1-3-6-14)16-9-10-24(22,23)13-16/h1-10,16H,11-13H2/t16-/m0/s1. The molecule has 0 spiro atoms. The Morgan fingerprint density at radius 2 is 1.75 bits per heavy atom. The fourth-order valence-corrected chi connectivity index (χ4v) is 4.11. The van der Waals surface area contributed by atoms with Crippen molar-refractivity contribution >= 4 is 9.84 Å². The Labute approximate surface area is 140 Å². The normalized spacial score (nSPS) is 19.0. The Hall–Kier alpha value is -2.05. The van der Waals surface area contributed by atoms with E-state index in [0.29, 0.717) is 6.54 Å². The number of benzene rings is 2. The van der Waals surface area contributed by atoms with E-state index in [1.165, 1.54) is 17.5 Å². The van der Waals surface area contributed by atoms with Crippen molar-refractivity contribution in [3.05, 3.63) is 82.8 Å². The van der Waals surface area contributed by atoms with Crippen molar-refractivity contribution in [2.45, 2.75) is 19.1 Å². The van der Waals surface area contributed by atoms with Gasteiger partial charge in [0.1, 0.15) is 0 Å². The average Bonchev–Trinajstić information content (AvgIpc) is 2.92. The third-order valence-electron chi connectivity index (χ3n) is 4.01. The van der Waals surface area contributed by atoms with Gasteiger partial charge in [-0.15, -0.1) is 0 Å². The molecule has 126 valence electrons. The molecule has 1 atom stereocenters. The van der Waals surface area contributed by atoms with Crippen LogP contribution in [-0.4, -0.2) is 25.1 Å². The van der Waals surface area contributed by atoms with Crippen LogP contribution >= 0.6 is 0 Å². The molecular weight excluding hydrogens is 332 g/mol. The molecule has 0 N–H and O–H groups in total. The van der Waals surface area contributed by atoms with Crippen LogP contribution < -0.4 is 0 Å². The number of hydrogen-bond donors (Lipinski definition) is 0. The molecular formula is C18H17F2NO2S. The lowest BCUT2D eigenvalue weighted by molar-refractivity contribution is 0.222. The molecule has 3 rings (SSSR count). The summed E-state index contributed by atoms with van der Waals surface area (Å²) in [6, 6.07) is 13.2. The molecule has 0 saturated heterocycles. The van der Waals surface area contributed by atoms with E-state index in [9.17, 15) is 17.2 Å². The summed E-state index contributed by atoms with van der Waals surface area (Å²) < 4.78 is 50.9. The van der Waals surface area contributed by atoms with Gasteiger partial charge >= 0.3 is 0 Å². The van der Waals surface area contributed by atoms with Crippen LogP contribution in [0.3, 0.4) is 0 Å². The first kappa shape index (κ1) is 16.8. The van der Waals surface area contributed by atoms with Crippen molar-refractivity contribution in [1.82, 2.24) is 4.90 Å². The largest absolute Gasteiger partial charge is 0.287 e. The van der Waals surface area contributed by atoms with Crippen LogP contribution in [0.4, 0.5) is 8.78 Å². The predicted octanol–water partition coefficient (Wildman–Crippen LogP) is 3.28. The maximum atomic E-state index is 14.0. The SMILES string of the molecule is O=S1(=O)C=C[C@H](N(Cc2ccccc2)Cc2cccc(F)c2F)C1. The predicted molar refractivity (Wildman–Crippen MR) is 88.8 cm³/mol. The zero-order valence-electron chi connectivity index (χ0n) is 12.9. The Kier molecular flexibility index (Phi) is 4.78. The van der Waals surface area contributed by atoms with Gasteiger partial charge in [-0.05, 0) is 11.6 Å². The second kappa shape index (κ2) is 6.83. The van der Waals surface area contributed by atoms with Crippen LogP contribution in [0.5, 0.6) is 0 Å². The van der Waals surface area contributed by atoms with Crippen LogP contribution in [0.2, 0.25) is 0 Å². The van der Waals surface area contributed by atoms with E-state index < -0.39 is 21.5 Å². The smallest absolute Gasteiger partial charge is 0.173 e. The molecule has 24 heavy (non-hydrogen) atoms. The minimum atomic E-state index is -3.23. The van der Waals surface area contributed by atoms with Crippen LogP contribution in [0.15, 0.2) is 60.0 Å². The summed E-state index contributed by atoms with van der Waals surface area (Å²) in [6.45, 7) is 0.574. The van der Waals surface area contributed by atoms with E-state index in [2.05, 4.69) is 0 Å². The number of sulfone groups is 1. The lowest BCUT2D eigenvalue weighted by atomic mass is 10.1. The molecule has 2 aromatic carbocycles. The monoisotopic (exact) mass is 349 g/mol. The number of halogens is 2. The zero-order chi connectivity index (χ0) is 17.2. The van der Waals surface area contributed by atoms with Gasteiger partial charge in [-0.2, -0.15) is 0 Å². The van der Waals surface area contributed by atoms with Crippen molar-refractivity contribution < 1.29 is 17.2 Å². The van der Waals surface area contributed by atoms with Gasteiger partial charge in [-0.25, -0.2) is 17.2 Å². The quantitative estimate of drug-likeness (QED) is 0.831. The van der Waals surface area contributed by atoms with Gasteiger partial charge in [0.2, 0.25) is 0 Å². The molecule has 2 aromatic rings. The van der Waals surface area contributed by atoms with Crippen molar-refractivity contribution in [3.8, 4) is 0 Å². The van der Waals surface area contributed by atoms with E-state index in [1.807, 2.05) is 35.2 Å². The Balaban J connectivity index is 1.87. The second-order valence-corrected chi connectivity index (χ2v) is 7.76. The van der Waals surface area contributed by atoms with E-state index in [-0.39, 0.29) is 23.9 Å². The highest BCUT2D eigenvalue weighted by molar-refractivity contribution is 7.94. The van der Waals surface area contributed by atoms with Gasteiger partial charge in [0.25, 0.3) is 0 Å². The minimum absolute atomic E-state index is 0.0449. The first-order valence-corrected chi connectivity index (χ1v) is 9.28. The van der Waals surface area contributed by atoms with Crippen LogP contribution in [0.1, 0.15) is 11.1 Å². The van der Waals surface area contributed by atoms with Gasteiger partial charge in [0.05, 0.1) is 5.75 Å². The zero-order valence-corrected chi connectivity index (χ0v) is 13.7. The Morgan fingerprint density at radius 1 is 1.00 bits per heavy atom. The number of nitrogens with zero attached hydrogens (tertiary/aromatic N) is 1. The summed E-state index contributed by atoms with van der Waals surface area (Å²) in [6.07, 6.45) is 1.61. The summed E-state index contributed by atoms with van der Waals surface area (Å²) in [4.78, 5) is 1.84. The fraction of sp³-hybridized carbons (Fsp3) is 0.222. The van der Waals surface area contributed by atoms with Gasteiger partial charge in [-0.1, -0.05) is 48.5 Å². The molecule has 6 heteroatoms. The molecule has 0 amide bonds. The van der Waals surface area contributed by atoms with Crippen LogP contribution in [-0.2, 0) is 22.9 Å². The molecule has 0 saturated carbocycles. The Bertz CT molecular complexity index is 851. The molecule has 0 aromatic heterocycles. The minimum Gasteiger partial charge on any atom is -0.287 e. The van der Waals surface area contributed by atoms with E-state index in [0.717, 1.165) is 11.6 Å². The average molecular weight is 349 g/mol. The molecule has 0 fully saturated rings. The first-order valence-electron chi connectivity index (χ1n) is 7.56. The molecule has 1 aliphatic rings. The molecule has 0 radical (unpaired) electrons. The summed E-state index contributed by atoms with van der Waals surface area (Å²) in [7, 11) is -3.23. The lowest BCUT2D eigenvalue weighted by Gasteiger charge is -2.27. The molecule has 0 bridgehead atoms. The van der Waals surface area contributed by atoms with Gasteiger partial charge in [0, 0.05) is 30.1 Å². The molecule has 1 aliphatic heterocycles. The maximum Gasteiger partial charge on any atom is 0.173 e. The molecule has 1 heterocycles. The summed E-state index contributed by atoms with van der Waals surface area (Å²) >= 11 is 0. The number of hydrogen-bond acceptors (Lipinski definition) is 3. The summed E-state index contributed by atoms with van der Waals surface area (Å²) in [5, 5.41) is 1.19. The first-order chi connectivity index (χ1) is 11.4. The lowest BCUT2D eigenvalue weighted by Crippen LogP contribution is -2.35. The fourth-order valence-electron chi connectivity index (χ4n) is 2.78. The molecule has 0 unspecified atom stereocenters. The van der Waals surface area contributed by atoms with Gasteiger partial charge in [0.15, 0.2) is 21.5 Å². The van der Waals surface area contributed by atoms with Crippen LogP contribution in [0, 0.1) is 11.6 Å².